The zero-order chi connectivity index (χ0) is 37.7. The fraction of sp³-hybridized carbons (Fsp3) is 0. The number of furan rings is 1. The van der Waals surface area contributed by atoms with Crippen LogP contribution in [0.1, 0.15) is 0 Å². The Morgan fingerprint density at radius 2 is 0.789 bits per heavy atom. The second kappa shape index (κ2) is 13.8. The molecule has 0 fully saturated rings. The predicted molar refractivity (Wildman–Crippen MR) is 243 cm³/mol. The first-order valence-corrected chi connectivity index (χ1v) is 20.1. The molecule has 2 aromatic heterocycles. The number of anilines is 3. The summed E-state index contributed by atoms with van der Waals surface area (Å²) < 4.78 is 9.05. The topological polar surface area (TPSA) is 16.4 Å². The first-order valence-electron chi connectivity index (χ1n) is 19.3. The molecule has 11 rings (SSSR count). The zero-order valence-corrected chi connectivity index (χ0v) is 31.8. The third-order valence-electron chi connectivity index (χ3n) is 11.1. The van der Waals surface area contributed by atoms with Crippen molar-refractivity contribution in [3.05, 3.63) is 212 Å². The Hall–Kier alpha value is -7.20. The molecule has 2 nitrogen and oxygen atoms in total. The van der Waals surface area contributed by atoms with Crippen molar-refractivity contribution in [2.24, 2.45) is 0 Å². The smallest absolute Gasteiger partial charge is 0.143 e. The number of benzene rings is 9. The minimum atomic E-state index is 0.908. The first-order chi connectivity index (χ1) is 28.2. The Kier molecular flexibility index (Phi) is 8.04. The Balaban J connectivity index is 0.960. The van der Waals surface area contributed by atoms with Crippen LogP contribution >= 0.6 is 11.3 Å². The van der Waals surface area contributed by atoms with Crippen LogP contribution in [-0.4, -0.2) is 0 Å². The maximum absolute atomic E-state index is 6.41. The van der Waals surface area contributed by atoms with Gasteiger partial charge in [0, 0.05) is 53.6 Å². The lowest BCUT2D eigenvalue weighted by molar-refractivity contribution is 0.670. The van der Waals surface area contributed by atoms with E-state index in [9.17, 15) is 0 Å². The molecule has 0 atom stereocenters. The van der Waals surface area contributed by atoms with Crippen molar-refractivity contribution in [3.8, 4) is 44.5 Å². The molecule has 0 radical (unpaired) electrons. The lowest BCUT2D eigenvalue weighted by atomic mass is 9.99. The molecule has 0 N–H and O–H groups in total. The van der Waals surface area contributed by atoms with Gasteiger partial charge in [0.1, 0.15) is 11.2 Å². The number of hydrogen-bond acceptors (Lipinski definition) is 3. The maximum Gasteiger partial charge on any atom is 0.143 e. The molecule has 3 heteroatoms. The van der Waals surface area contributed by atoms with Crippen LogP contribution in [0, 0.1) is 0 Å². The number of fused-ring (bicyclic) bond motifs is 6. The van der Waals surface area contributed by atoms with Gasteiger partial charge in [-0.05, 0) is 99.6 Å². The van der Waals surface area contributed by atoms with Crippen LogP contribution in [0.3, 0.4) is 0 Å². The quantitative estimate of drug-likeness (QED) is 0.162. The monoisotopic (exact) mass is 745 g/mol. The van der Waals surface area contributed by atoms with Crippen LogP contribution in [0.5, 0.6) is 0 Å². The van der Waals surface area contributed by atoms with E-state index < -0.39 is 0 Å². The minimum absolute atomic E-state index is 0.908. The van der Waals surface area contributed by atoms with Crippen molar-refractivity contribution >= 4 is 70.5 Å². The summed E-state index contributed by atoms with van der Waals surface area (Å²) in [5.74, 6) is 0. The highest BCUT2D eigenvalue weighted by atomic mass is 32.1. The molecule has 11 aromatic rings. The fourth-order valence-electron chi connectivity index (χ4n) is 8.21. The Labute approximate surface area is 335 Å². The Morgan fingerprint density at radius 1 is 0.316 bits per heavy atom. The van der Waals surface area contributed by atoms with Gasteiger partial charge in [-0.3, -0.25) is 0 Å². The lowest BCUT2D eigenvalue weighted by Gasteiger charge is -2.26. The predicted octanol–water partition coefficient (Wildman–Crippen LogP) is 16.1. The summed E-state index contributed by atoms with van der Waals surface area (Å²) in [5, 5.41) is 4.90. The molecule has 268 valence electrons. The summed E-state index contributed by atoms with van der Waals surface area (Å²) in [7, 11) is 0. The van der Waals surface area contributed by atoms with Gasteiger partial charge < -0.3 is 9.32 Å². The standard InChI is InChI=1S/C54H35NOS/c1-2-9-36(10-3-1)37-17-19-38(20-18-37)39-21-28-43(29-22-39)55(44-30-23-40(24-31-44)42-27-34-53-50(35-42)48-12-5-7-16-52(48)57-53)45-32-25-41(26-33-45)46-13-8-14-49-47-11-4-6-15-51(47)56-54(46)49/h1-35H. The normalized spacial score (nSPS) is 11.5. The molecule has 0 aliphatic rings. The maximum atomic E-state index is 6.41. The van der Waals surface area contributed by atoms with Crippen LogP contribution in [0.15, 0.2) is 217 Å². The minimum Gasteiger partial charge on any atom is -0.455 e. The van der Waals surface area contributed by atoms with Gasteiger partial charge in [-0.25, -0.2) is 0 Å². The van der Waals surface area contributed by atoms with Gasteiger partial charge in [0.15, 0.2) is 0 Å². The van der Waals surface area contributed by atoms with Crippen LogP contribution in [0.4, 0.5) is 17.1 Å². The second-order valence-corrected chi connectivity index (χ2v) is 15.6. The Bertz CT molecular complexity index is 3190. The molecule has 0 saturated heterocycles. The first kappa shape index (κ1) is 33.2. The van der Waals surface area contributed by atoms with E-state index >= 15 is 0 Å². The summed E-state index contributed by atoms with van der Waals surface area (Å²) in [5.41, 5.74) is 14.5. The van der Waals surface area contributed by atoms with Gasteiger partial charge in [0.2, 0.25) is 0 Å². The zero-order valence-electron chi connectivity index (χ0n) is 31.0. The van der Waals surface area contributed by atoms with E-state index in [0.717, 1.165) is 50.1 Å². The van der Waals surface area contributed by atoms with Crippen LogP contribution in [-0.2, 0) is 0 Å². The average Bonchev–Trinajstić information content (AvgIpc) is 3.86. The molecule has 0 saturated carbocycles. The molecule has 0 aliphatic carbocycles. The van der Waals surface area contributed by atoms with E-state index in [0.29, 0.717) is 0 Å². The third-order valence-corrected chi connectivity index (χ3v) is 12.3. The molecule has 0 bridgehead atoms. The fourth-order valence-corrected chi connectivity index (χ4v) is 9.30. The molecule has 0 spiro atoms. The highest BCUT2D eigenvalue weighted by molar-refractivity contribution is 7.25. The molecule has 57 heavy (non-hydrogen) atoms. The van der Waals surface area contributed by atoms with Gasteiger partial charge >= 0.3 is 0 Å². The van der Waals surface area contributed by atoms with E-state index in [1.54, 1.807) is 0 Å². The number of thiophene rings is 1. The average molecular weight is 746 g/mol. The van der Waals surface area contributed by atoms with E-state index in [1.165, 1.54) is 53.6 Å². The number of rotatable bonds is 7. The van der Waals surface area contributed by atoms with Gasteiger partial charge in [-0.2, -0.15) is 0 Å². The van der Waals surface area contributed by atoms with E-state index in [4.69, 9.17) is 4.42 Å². The number of para-hydroxylation sites is 2. The summed E-state index contributed by atoms with van der Waals surface area (Å²) in [4.78, 5) is 2.34. The summed E-state index contributed by atoms with van der Waals surface area (Å²) in [6.07, 6.45) is 0. The number of nitrogens with zero attached hydrogens (tertiary/aromatic N) is 1. The van der Waals surface area contributed by atoms with Gasteiger partial charge in [0.05, 0.1) is 0 Å². The third kappa shape index (κ3) is 5.97. The highest BCUT2D eigenvalue weighted by Gasteiger charge is 2.16. The lowest BCUT2D eigenvalue weighted by Crippen LogP contribution is -2.09. The van der Waals surface area contributed by atoms with Crippen molar-refractivity contribution in [2.75, 3.05) is 4.90 Å². The molecule has 9 aromatic carbocycles. The van der Waals surface area contributed by atoms with Crippen molar-refractivity contribution in [2.45, 2.75) is 0 Å². The summed E-state index contributed by atoms with van der Waals surface area (Å²) >= 11 is 1.85. The van der Waals surface area contributed by atoms with E-state index in [2.05, 4.69) is 205 Å². The SMILES string of the molecule is c1ccc(-c2ccc(-c3ccc(N(c4ccc(-c5ccc6sc7ccccc7c6c5)cc4)c4ccc(-c5cccc6c5oc5ccccc56)cc4)cc3)cc2)cc1. The second-order valence-electron chi connectivity index (χ2n) is 14.5. The Morgan fingerprint density at radius 3 is 1.46 bits per heavy atom. The van der Waals surface area contributed by atoms with Crippen LogP contribution in [0.25, 0.3) is 86.6 Å². The molecule has 0 unspecified atom stereocenters. The summed E-state index contributed by atoms with van der Waals surface area (Å²) in [6, 6.07) is 76.3. The van der Waals surface area contributed by atoms with Gasteiger partial charge in [-0.15, -0.1) is 11.3 Å². The van der Waals surface area contributed by atoms with Gasteiger partial charge in [-0.1, -0.05) is 152 Å². The summed E-state index contributed by atoms with van der Waals surface area (Å²) in [6.45, 7) is 0. The van der Waals surface area contributed by atoms with Crippen molar-refractivity contribution < 1.29 is 4.42 Å². The molecule has 0 amide bonds. The van der Waals surface area contributed by atoms with E-state index in [-0.39, 0.29) is 0 Å². The molecule has 2 heterocycles. The van der Waals surface area contributed by atoms with Crippen molar-refractivity contribution in [3.63, 3.8) is 0 Å². The highest BCUT2D eigenvalue weighted by Crippen LogP contribution is 2.41. The molecular formula is C54H35NOS. The van der Waals surface area contributed by atoms with E-state index in [1.807, 2.05) is 23.5 Å². The van der Waals surface area contributed by atoms with Crippen molar-refractivity contribution in [1.29, 1.82) is 0 Å². The van der Waals surface area contributed by atoms with Crippen LogP contribution < -0.4 is 4.90 Å². The number of hydrogen-bond donors (Lipinski definition) is 0. The van der Waals surface area contributed by atoms with Gasteiger partial charge in [0.25, 0.3) is 0 Å². The molecular weight excluding hydrogens is 711 g/mol. The van der Waals surface area contributed by atoms with Crippen molar-refractivity contribution in [1.82, 2.24) is 0 Å². The molecule has 0 aliphatic heterocycles. The largest absolute Gasteiger partial charge is 0.455 e. The van der Waals surface area contributed by atoms with Crippen LogP contribution in [0.2, 0.25) is 0 Å².